The van der Waals surface area contributed by atoms with Crippen molar-refractivity contribution in [1.82, 2.24) is 15.1 Å². The summed E-state index contributed by atoms with van der Waals surface area (Å²) in [6.45, 7) is 1.09. The van der Waals surface area contributed by atoms with Gasteiger partial charge in [0.2, 0.25) is 5.89 Å². The van der Waals surface area contributed by atoms with Crippen molar-refractivity contribution in [3.05, 3.63) is 5.89 Å². The number of nitrogens with two attached hydrogens (primary N) is 1. The average molecular weight is 168 g/mol. The van der Waals surface area contributed by atoms with Crippen LogP contribution >= 0.6 is 0 Å². The molecule has 1 aromatic heterocycles. The quantitative estimate of drug-likeness (QED) is 0.658. The molecule has 0 radical (unpaired) electrons. The van der Waals surface area contributed by atoms with E-state index in [0.717, 1.165) is 13.0 Å². The predicted molar refractivity (Wildman–Crippen MR) is 43.3 cm³/mol. The number of nitrogen functional groups attached to an aromatic ring is 1. The molecule has 0 bridgehead atoms. The molecular formula is C7H12N4O. The number of hydrogen-bond acceptors (Lipinski definition) is 5. The summed E-state index contributed by atoms with van der Waals surface area (Å²) in [6, 6.07) is 0.431. The lowest BCUT2D eigenvalue weighted by atomic mass is 10.2. The van der Waals surface area contributed by atoms with E-state index in [9.17, 15) is 0 Å². The maximum atomic E-state index is 5.33. The third-order valence-corrected chi connectivity index (χ3v) is 2.26. The first-order valence-electron chi connectivity index (χ1n) is 4.06. The highest BCUT2D eigenvalue weighted by molar-refractivity contribution is 5.07. The molecule has 0 aliphatic carbocycles. The van der Waals surface area contributed by atoms with Crippen molar-refractivity contribution in [2.75, 3.05) is 19.3 Å². The topological polar surface area (TPSA) is 68.2 Å². The van der Waals surface area contributed by atoms with Crippen LogP contribution in [0.25, 0.3) is 0 Å². The van der Waals surface area contributed by atoms with Crippen LogP contribution in [0.5, 0.6) is 0 Å². The van der Waals surface area contributed by atoms with E-state index < -0.39 is 0 Å². The van der Waals surface area contributed by atoms with E-state index in [1.807, 2.05) is 0 Å². The van der Waals surface area contributed by atoms with Crippen LogP contribution in [0.15, 0.2) is 4.42 Å². The lowest BCUT2D eigenvalue weighted by Crippen LogP contribution is -2.17. The first-order valence-corrected chi connectivity index (χ1v) is 4.06. The Labute approximate surface area is 70.6 Å². The Morgan fingerprint density at radius 2 is 2.42 bits per heavy atom. The van der Waals surface area contributed by atoms with Crippen molar-refractivity contribution < 1.29 is 4.42 Å². The molecule has 12 heavy (non-hydrogen) atoms. The summed E-state index contributed by atoms with van der Waals surface area (Å²) in [5, 5.41) is 7.49. The van der Waals surface area contributed by atoms with Crippen LogP contribution < -0.4 is 5.73 Å². The smallest absolute Gasteiger partial charge is 0.312 e. The lowest BCUT2D eigenvalue weighted by molar-refractivity contribution is 0.270. The third kappa shape index (κ3) is 1.16. The number of anilines is 1. The minimum atomic E-state index is 0.158. The predicted octanol–water partition coefficient (Wildman–Crippen LogP) is 0.418. The molecule has 0 unspecified atom stereocenters. The largest absolute Gasteiger partial charge is 0.407 e. The Kier molecular flexibility index (Phi) is 1.73. The second-order valence-electron chi connectivity index (χ2n) is 3.12. The summed E-state index contributed by atoms with van der Waals surface area (Å²) >= 11 is 0. The average Bonchev–Trinajstić information content (AvgIpc) is 2.58. The summed E-state index contributed by atoms with van der Waals surface area (Å²) in [5.74, 6) is 0.646. The van der Waals surface area contributed by atoms with Gasteiger partial charge in [0.1, 0.15) is 0 Å². The molecule has 0 saturated carbocycles. The minimum absolute atomic E-state index is 0.158. The van der Waals surface area contributed by atoms with Crippen molar-refractivity contribution in [3.63, 3.8) is 0 Å². The zero-order chi connectivity index (χ0) is 8.55. The van der Waals surface area contributed by atoms with E-state index >= 15 is 0 Å². The molecule has 2 N–H and O–H groups in total. The lowest BCUT2D eigenvalue weighted by Gasteiger charge is -2.14. The maximum Gasteiger partial charge on any atom is 0.312 e. The van der Waals surface area contributed by atoms with E-state index in [1.54, 1.807) is 0 Å². The minimum Gasteiger partial charge on any atom is -0.407 e. The van der Waals surface area contributed by atoms with Gasteiger partial charge in [-0.1, -0.05) is 5.10 Å². The Hall–Kier alpha value is -1.10. The summed E-state index contributed by atoms with van der Waals surface area (Å²) in [5.41, 5.74) is 5.33. The number of aromatic nitrogens is 2. The van der Waals surface area contributed by atoms with Gasteiger partial charge < -0.3 is 10.2 Å². The molecule has 1 aliphatic rings. The molecule has 1 saturated heterocycles. The molecule has 2 heterocycles. The zero-order valence-corrected chi connectivity index (χ0v) is 7.03. The Bertz CT molecular complexity index is 272. The Balaban J connectivity index is 2.19. The van der Waals surface area contributed by atoms with Crippen molar-refractivity contribution in [1.29, 1.82) is 0 Å². The molecule has 0 amide bonds. The van der Waals surface area contributed by atoms with Crippen molar-refractivity contribution >= 4 is 6.01 Å². The van der Waals surface area contributed by atoms with E-state index in [1.165, 1.54) is 6.42 Å². The fourth-order valence-corrected chi connectivity index (χ4v) is 1.60. The second-order valence-corrected chi connectivity index (χ2v) is 3.12. The van der Waals surface area contributed by atoms with Crippen molar-refractivity contribution in [2.24, 2.45) is 0 Å². The number of nitrogens with zero attached hydrogens (tertiary/aromatic N) is 3. The number of hydrogen-bond donors (Lipinski definition) is 1. The second kappa shape index (κ2) is 2.75. The highest BCUT2D eigenvalue weighted by atomic mass is 16.4. The van der Waals surface area contributed by atoms with Crippen LogP contribution in [0.3, 0.4) is 0 Å². The van der Waals surface area contributed by atoms with Crippen LogP contribution in [0, 0.1) is 0 Å². The van der Waals surface area contributed by atoms with Gasteiger partial charge in [0.15, 0.2) is 0 Å². The summed E-state index contributed by atoms with van der Waals surface area (Å²) in [4.78, 5) is 2.20. The van der Waals surface area contributed by atoms with Gasteiger partial charge >= 0.3 is 6.01 Å². The number of likely N-dealkylation sites (tertiary alicyclic amines) is 1. The van der Waals surface area contributed by atoms with Gasteiger partial charge in [-0.2, -0.15) is 0 Å². The Morgan fingerprint density at radius 3 is 2.92 bits per heavy atom. The highest BCUT2D eigenvalue weighted by Crippen LogP contribution is 2.29. The van der Waals surface area contributed by atoms with Gasteiger partial charge in [-0.25, -0.2) is 0 Å². The van der Waals surface area contributed by atoms with Crippen LogP contribution in [-0.2, 0) is 0 Å². The van der Waals surface area contributed by atoms with Crippen LogP contribution in [0.4, 0.5) is 6.01 Å². The fraction of sp³-hybridized carbons (Fsp3) is 0.714. The first-order chi connectivity index (χ1) is 5.77. The number of rotatable bonds is 1. The monoisotopic (exact) mass is 168 g/mol. The van der Waals surface area contributed by atoms with Gasteiger partial charge in [-0.15, -0.1) is 5.10 Å². The van der Waals surface area contributed by atoms with Gasteiger partial charge in [0.05, 0.1) is 6.04 Å². The van der Waals surface area contributed by atoms with Crippen LogP contribution in [-0.4, -0.2) is 28.7 Å². The summed E-state index contributed by atoms with van der Waals surface area (Å²) in [7, 11) is 2.05. The zero-order valence-electron chi connectivity index (χ0n) is 7.03. The normalized spacial score (nSPS) is 24.9. The summed E-state index contributed by atoms with van der Waals surface area (Å²) < 4.78 is 5.15. The highest BCUT2D eigenvalue weighted by Gasteiger charge is 2.27. The van der Waals surface area contributed by atoms with E-state index in [4.69, 9.17) is 10.2 Å². The molecule has 0 aromatic carbocycles. The van der Waals surface area contributed by atoms with E-state index in [0.29, 0.717) is 5.89 Å². The van der Waals surface area contributed by atoms with E-state index in [-0.39, 0.29) is 12.1 Å². The van der Waals surface area contributed by atoms with Crippen molar-refractivity contribution in [3.8, 4) is 0 Å². The van der Waals surface area contributed by atoms with Gasteiger partial charge in [-0.3, -0.25) is 4.90 Å². The molecule has 5 nitrogen and oxygen atoms in total. The van der Waals surface area contributed by atoms with E-state index in [2.05, 4.69) is 22.1 Å². The molecule has 1 atom stereocenters. The standard InChI is InChI=1S/C7H12N4O/c1-11-4-2-3-5(11)6-9-10-7(8)12-6/h5H,2-4H2,1H3,(H2,8,10)/t5-/m1/s1. The van der Waals surface area contributed by atoms with Crippen LogP contribution in [0.1, 0.15) is 24.8 Å². The van der Waals surface area contributed by atoms with Gasteiger partial charge in [-0.05, 0) is 26.4 Å². The molecule has 66 valence electrons. The molecule has 1 aliphatic heterocycles. The summed E-state index contributed by atoms with van der Waals surface area (Å²) in [6.07, 6.45) is 2.27. The Morgan fingerprint density at radius 1 is 1.58 bits per heavy atom. The molecule has 1 aromatic rings. The first kappa shape index (κ1) is 7.54. The maximum absolute atomic E-state index is 5.33. The molecule has 2 rings (SSSR count). The fourth-order valence-electron chi connectivity index (χ4n) is 1.60. The molecule has 0 spiro atoms. The third-order valence-electron chi connectivity index (χ3n) is 2.26. The van der Waals surface area contributed by atoms with Gasteiger partial charge in [0, 0.05) is 0 Å². The molecular weight excluding hydrogens is 156 g/mol. The van der Waals surface area contributed by atoms with Crippen molar-refractivity contribution in [2.45, 2.75) is 18.9 Å². The molecule has 5 heteroatoms. The van der Waals surface area contributed by atoms with Crippen LogP contribution in [0.2, 0.25) is 0 Å². The van der Waals surface area contributed by atoms with Gasteiger partial charge in [0.25, 0.3) is 0 Å². The SMILES string of the molecule is CN1CCC[C@@H]1c1nnc(N)o1. The molecule has 1 fully saturated rings.